The van der Waals surface area contributed by atoms with Gasteiger partial charge in [0.15, 0.2) is 9.84 Å². The molecule has 1 aliphatic heterocycles. The van der Waals surface area contributed by atoms with Gasteiger partial charge in [0, 0.05) is 5.25 Å². The number of nitrogens with zero attached hydrogens (tertiary/aromatic N) is 4. The summed E-state index contributed by atoms with van der Waals surface area (Å²) in [6.45, 7) is 0. The van der Waals surface area contributed by atoms with E-state index >= 15 is 0 Å². The first-order valence-electron chi connectivity index (χ1n) is 5.85. The number of hydrogen-bond acceptors (Lipinski definition) is 6. The first kappa shape index (κ1) is 12.6. The molecule has 0 aliphatic carbocycles. The molecular formula is C11H12N4O2S2. The Labute approximate surface area is 115 Å². The van der Waals surface area contributed by atoms with Gasteiger partial charge in [0.05, 0.1) is 17.2 Å². The van der Waals surface area contributed by atoms with E-state index in [1.54, 1.807) is 4.68 Å². The second kappa shape index (κ2) is 4.93. The molecule has 0 bridgehead atoms. The van der Waals surface area contributed by atoms with Crippen LogP contribution in [-0.2, 0) is 9.84 Å². The highest BCUT2D eigenvalue weighted by Gasteiger charge is 2.30. The van der Waals surface area contributed by atoms with Crippen LogP contribution in [0.1, 0.15) is 6.42 Å². The zero-order valence-electron chi connectivity index (χ0n) is 10.0. The molecule has 3 rings (SSSR count). The molecule has 1 aliphatic rings. The van der Waals surface area contributed by atoms with Gasteiger partial charge in [0.2, 0.25) is 5.16 Å². The van der Waals surface area contributed by atoms with Crippen molar-refractivity contribution in [3.8, 4) is 5.69 Å². The number of rotatable bonds is 3. The first-order valence-corrected chi connectivity index (χ1v) is 8.55. The van der Waals surface area contributed by atoms with Crippen LogP contribution >= 0.6 is 11.8 Å². The molecule has 1 aromatic heterocycles. The normalized spacial score (nSPS) is 21.6. The largest absolute Gasteiger partial charge is 0.229 e. The van der Waals surface area contributed by atoms with Crippen molar-refractivity contribution in [1.82, 2.24) is 20.2 Å². The summed E-state index contributed by atoms with van der Waals surface area (Å²) in [6, 6.07) is 9.55. The van der Waals surface area contributed by atoms with E-state index in [2.05, 4.69) is 15.5 Å². The van der Waals surface area contributed by atoms with Crippen LogP contribution in [0.4, 0.5) is 0 Å². The van der Waals surface area contributed by atoms with Gasteiger partial charge in [-0.1, -0.05) is 30.0 Å². The third-order valence-corrected chi connectivity index (χ3v) is 6.08. The zero-order valence-corrected chi connectivity index (χ0v) is 11.6. The van der Waals surface area contributed by atoms with Crippen molar-refractivity contribution in [3.63, 3.8) is 0 Å². The summed E-state index contributed by atoms with van der Waals surface area (Å²) in [5.41, 5.74) is 0.871. The van der Waals surface area contributed by atoms with Crippen molar-refractivity contribution >= 4 is 21.6 Å². The van der Waals surface area contributed by atoms with Gasteiger partial charge in [-0.3, -0.25) is 0 Å². The van der Waals surface area contributed by atoms with E-state index in [0.717, 1.165) is 5.69 Å². The smallest absolute Gasteiger partial charge is 0.214 e. The Balaban J connectivity index is 1.82. The summed E-state index contributed by atoms with van der Waals surface area (Å²) in [5.74, 6) is 0.469. The maximum Gasteiger partial charge on any atom is 0.214 e. The lowest BCUT2D eigenvalue weighted by Gasteiger charge is -2.07. The first-order chi connectivity index (χ1) is 9.14. The Hall–Kier alpha value is -1.41. The van der Waals surface area contributed by atoms with Crippen LogP contribution in [0.3, 0.4) is 0 Å². The molecule has 2 heterocycles. The van der Waals surface area contributed by atoms with E-state index in [9.17, 15) is 8.42 Å². The molecule has 0 saturated carbocycles. The lowest BCUT2D eigenvalue weighted by atomic mass is 10.3. The average molecular weight is 296 g/mol. The highest BCUT2D eigenvalue weighted by molar-refractivity contribution is 8.01. The number of benzene rings is 1. The van der Waals surface area contributed by atoms with Crippen LogP contribution in [0.15, 0.2) is 35.5 Å². The summed E-state index contributed by atoms with van der Waals surface area (Å²) < 4.78 is 24.5. The van der Waals surface area contributed by atoms with Gasteiger partial charge in [-0.15, -0.1) is 5.10 Å². The topological polar surface area (TPSA) is 77.7 Å². The van der Waals surface area contributed by atoms with E-state index in [1.807, 2.05) is 30.3 Å². The quantitative estimate of drug-likeness (QED) is 0.839. The van der Waals surface area contributed by atoms with Gasteiger partial charge < -0.3 is 0 Å². The number of thioether (sulfide) groups is 1. The van der Waals surface area contributed by atoms with Gasteiger partial charge in [0.1, 0.15) is 0 Å². The summed E-state index contributed by atoms with van der Waals surface area (Å²) in [7, 11) is -2.87. The number of sulfone groups is 1. The van der Waals surface area contributed by atoms with Crippen LogP contribution in [0.5, 0.6) is 0 Å². The molecule has 0 spiro atoms. The second-order valence-corrected chi connectivity index (χ2v) is 7.85. The van der Waals surface area contributed by atoms with Crippen molar-refractivity contribution < 1.29 is 8.42 Å². The molecule has 0 N–H and O–H groups in total. The predicted molar refractivity (Wildman–Crippen MR) is 72.1 cm³/mol. The van der Waals surface area contributed by atoms with E-state index in [4.69, 9.17) is 0 Å². The molecule has 0 radical (unpaired) electrons. The molecule has 0 amide bonds. The Morgan fingerprint density at radius 2 is 2.05 bits per heavy atom. The SMILES string of the molecule is O=S1(=O)CCC(Sc2nnnn2-c2ccccc2)C1. The van der Waals surface area contributed by atoms with Gasteiger partial charge in [-0.2, -0.15) is 4.68 Å². The van der Waals surface area contributed by atoms with Crippen LogP contribution in [-0.4, -0.2) is 45.4 Å². The average Bonchev–Trinajstić information content (AvgIpc) is 2.98. The standard InChI is InChI=1S/C11H12N4O2S2/c16-19(17)7-6-10(8-19)18-11-12-13-14-15(11)9-4-2-1-3-5-9/h1-5,10H,6-8H2. The van der Waals surface area contributed by atoms with Gasteiger partial charge >= 0.3 is 0 Å². The maximum absolute atomic E-state index is 11.5. The minimum Gasteiger partial charge on any atom is -0.229 e. The Morgan fingerprint density at radius 3 is 2.74 bits per heavy atom. The molecule has 2 aromatic rings. The number of para-hydroxylation sites is 1. The molecule has 1 atom stereocenters. The van der Waals surface area contributed by atoms with Gasteiger partial charge in [-0.25, -0.2) is 8.42 Å². The fourth-order valence-electron chi connectivity index (χ4n) is 1.99. The van der Waals surface area contributed by atoms with Crippen molar-refractivity contribution in [2.24, 2.45) is 0 Å². The molecule has 8 heteroatoms. The van der Waals surface area contributed by atoms with Crippen LogP contribution in [0, 0.1) is 0 Å². The Morgan fingerprint density at radius 1 is 1.26 bits per heavy atom. The monoisotopic (exact) mass is 296 g/mol. The van der Waals surface area contributed by atoms with E-state index in [0.29, 0.717) is 11.6 Å². The number of hydrogen-bond donors (Lipinski definition) is 0. The molecule has 1 unspecified atom stereocenters. The summed E-state index contributed by atoms with van der Waals surface area (Å²) in [6.07, 6.45) is 0.661. The minimum atomic E-state index is -2.87. The molecule has 1 fully saturated rings. The second-order valence-electron chi connectivity index (χ2n) is 4.35. The molecular weight excluding hydrogens is 284 g/mol. The number of aromatic nitrogens is 4. The maximum atomic E-state index is 11.5. The van der Waals surface area contributed by atoms with Crippen LogP contribution in [0.2, 0.25) is 0 Å². The highest BCUT2D eigenvalue weighted by Crippen LogP contribution is 2.30. The fourth-order valence-corrected chi connectivity index (χ4v) is 5.43. The third kappa shape index (κ3) is 2.79. The van der Waals surface area contributed by atoms with E-state index < -0.39 is 9.84 Å². The molecule has 1 aromatic carbocycles. The molecule has 1 saturated heterocycles. The summed E-state index contributed by atoms with van der Waals surface area (Å²) in [5, 5.41) is 12.3. The molecule has 100 valence electrons. The highest BCUT2D eigenvalue weighted by atomic mass is 32.2. The lowest BCUT2D eigenvalue weighted by molar-refractivity contribution is 0.602. The van der Waals surface area contributed by atoms with E-state index in [1.165, 1.54) is 11.8 Å². The fraction of sp³-hybridized carbons (Fsp3) is 0.364. The van der Waals surface area contributed by atoms with Crippen molar-refractivity contribution in [1.29, 1.82) is 0 Å². The Bertz CT molecular complexity index is 669. The van der Waals surface area contributed by atoms with Crippen molar-refractivity contribution in [2.75, 3.05) is 11.5 Å². The van der Waals surface area contributed by atoms with Crippen LogP contribution < -0.4 is 0 Å². The van der Waals surface area contributed by atoms with Crippen LogP contribution in [0.25, 0.3) is 5.69 Å². The minimum absolute atomic E-state index is 0.0402. The van der Waals surface area contributed by atoms with Crippen molar-refractivity contribution in [2.45, 2.75) is 16.8 Å². The van der Waals surface area contributed by atoms with Crippen molar-refractivity contribution in [3.05, 3.63) is 30.3 Å². The summed E-state index contributed by atoms with van der Waals surface area (Å²) in [4.78, 5) is 0. The third-order valence-electron chi connectivity index (χ3n) is 2.90. The molecule has 19 heavy (non-hydrogen) atoms. The predicted octanol–water partition coefficient (Wildman–Crippen LogP) is 0.941. The lowest BCUT2D eigenvalue weighted by Crippen LogP contribution is -2.08. The van der Waals surface area contributed by atoms with E-state index in [-0.39, 0.29) is 16.8 Å². The summed E-state index contributed by atoms with van der Waals surface area (Å²) >= 11 is 1.43. The van der Waals surface area contributed by atoms with Gasteiger partial charge in [0.25, 0.3) is 0 Å². The molecule has 6 nitrogen and oxygen atoms in total. The zero-order chi connectivity index (χ0) is 13.3. The van der Waals surface area contributed by atoms with Gasteiger partial charge in [-0.05, 0) is 29.0 Å². The number of tetrazole rings is 1. The Kier molecular flexibility index (Phi) is 3.28.